The molecule has 0 aliphatic rings. The molecule has 272 valence electrons. The number of nitrogens with one attached hydrogen (secondary N) is 2. The van der Waals surface area contributed by atoms with Gasteiger partial charge in [-0.1, -0.05) is 66.7 Å². The molecule has 0 unspecified atom stereocenters. The van der Waals surface area contributed by atoms with Gasteiger partial charge in [0, 0.05) is 29.5 Å². The lowest BCUT2D eigenvalue weighted by molar-refractivity contribution is 0.0500. The van der Waals surface area contributed by atoms with Crippen LogP contribution in [0.5, 0.6) is 11.5 Å². The monoisotopic (exact) mass is 707 g/mol. The zero-order valence-electron chi connectivity index (χ0n) is 30.5. The van der Waals surface area contributed by atoms with Gasteiger partial charge >= 0.3 is 12.2 Å². The van der Waals surface area contributed by atoms with Gasteiger partial charge in [-0.3, -0.25) is 5.32 Å². The molecule has 52 heavy (non-hydrogen) atoms. The first-order valence-electron chi connectivity index (χ1n) is 16.8. The standard InChI is InChI=1S/C41H45N3O8/c1-40(2,3)51-38(46)43-37(44-39(47)52-41(4,5)6)42-30-16-12-13-26(21-30)24-49-33-20-19-27-14-8-10-17-31(27)34(33)35-32-18-11-9-15-28(32)22-29(23-45)36(35)50-25-48-7/h8-22,45H,23-25H2,1-7H3,(H2,42,43,44,46,47). The summed E-state index contributed by atoms with van der Waals surface area (Å²) in [5, 5.41) is 19.8. The zero-order valence-corrected chi connectivity index (χ0v) is 30.5. The Hall–Kier alpha value is -5.65. The molecule has 11 nitrogen and oxygen atoms in total. The van der Waals surface area contributed by atoms with E-state index in [4.69, 9.17) is 23.7 Å². The van der Waals surface area contributed by atoms with Gasteiger partial charge in [-0.25, -0.2) is 9.59 Å². The van der Waals surface area contributed by atoms with Crippen molar-refractivity contribution in [3.05, 3.63) is 102 Å². The molecule has 3 N–H and O–H groups in total. The largest absolute Gasteiger partial charge is 0.488 e. The predicted molar refractivity (Wildman–Crippen MR) is 203 cm³/mol. The number of nitrogens with zero attached hydrogens (tertiary/aromatic N) is 1. The minimum absolute atomic E-state index is 0.0128. The molecule has 0 aliphatic heterocycles. The summed E-state index contributed by atoms with van der Waals surface area (Å²) in [4.78, 5) is 29.2. The highest BCUT2D eigenvalue weighted by Crippen LogP contribution is 2.47. The Morgan fingerprint density at radius 1 is 0.750 bits per heavy atom. The molecular formula is C41H45N3O8. The van der Waals surface area contributed by atoms with Gasteiger partial charge in [0.25, 0.3) is 0 Å². The normalized spacial score (nSPS) is 12.0. The third-order valence-corrected chi connectivity index (χ3v) is 7.51. The van der Waals surface area contributed by atoms with Crippen molar-refractivity contribution in [1.29, 1.82) is 0 Å². The Morgan fingerprint density at radius 3 is 2.10 bits per heavy atom. The van der Waals surface area contributed by atoms with Gasteiger partial charge in [0.15, 0.2) is 6.79 Å². The molecule has 11 heteroatoms. The van der Waals surface area contributed by atoms with Crippen LogP contribution in [0.25, 0.3) is 32.7 Å². The second kappa shape index (κ2) is 16.1. The number of hydrogen-bond acceptors (Lipinski definition) is 8. The summed E-state index contributed by atoms with van der Waals surface area (Å²) in [7, 11) is 1.55. The highest BCUT2D eigenvalue weighted by molar-refractivity contribution is 6.10. The van der Waals surface area contributed by atoms with Crippen molar-refractivity contribution in [2.45, 2.75) is 66.0 Å². The molecule has 0 spiro atoms. The fourth-order valence-electron chi connectivity index (χ4n) is 5.56. The Bertz CT molecular complexity index is 2100. The number of benzene rings is 5. The third kappa shape index (κ3) is 9.77. The first-order valence-corrected chi connectivity index (χ1v) is 16.8. The number of rotatable bonds is 9. The molecular weight excluding hydrogens is 662 g/mol. The number of aliphatic hydroxyl groups is 1. The second-order valence-corrected chi connectivity index (χ2v) is 14.0. The van der Waals surface area contributed by atoms with Gasteiger partial charge < -0.3 is 34.1 Å². The minimum atomic E-state index is -0.888. The van der Waals surface area contributed by atoms with Gasteiger partial charge in [-0.15, -0.1) is 4.99 Å². The van der Waals surface area contributed by atoms with Crippen molar-refractivity contribution in [2.75, 3.05) is 19.2 Å². The number of methoxy groups -OCH3 is 1. The minimum Gasteiger partial charge on any atom is -0.488 e. The van der Waals surface area contributed by atoms with Crippen LogP contribution in [-0.2, 0) is 27.4 Å². The van der Waals surface area contributed by atoms with Gasteiger partial charge in [0.05, 0.1) is 6.61 Å². The molecule has 0 saturated carbocycles. The van der Waals surface area contributed by atoms with E-state index in [1.165, 1.54) is 0 Å². The van der Waals surface area contributed by atoms with Crippen molar-refractivity contribution >= 4 is 45.4 Å². The summed E-state index contributed by atoms with van der Waals surface area (Å²) in [5.41, 5.74) is 1.93. The number of aliphatic imine (C=N–C) groups is 1. The lowest BCUT2D eigenvalue weighted by Gasteiger charge is -2.22. The first-order chi connectivity index (χ1) is 24.7. The smallest absolute Gasteiger partial charge is 0.437 e. The molecule has 5 aromatic carbocycles. The molecule has 0 aliphatic carbocycles. The van der Waals surface area contributed by atoms with Crippen LogP contribution in [0.3, 0.4) is 0 Å². The molecule has 5 rings (SSSR count). The van der Waals surface area contributed by atoms with Crippen molar-refractivity contribution in [3.8, 4) is 22.6 Å². The first kappa shape index (κ1) is 37.6. The van der Waals surface area contributed by atoms with E-state index in [-0.39, 0.29) is 26.0 Å². The molecule has 0 aromatic heterocycles. The van der Waals surface area contributed by atoms with Gasteiger partial charge in [0.1, 0.15) is 29.3 Å². The number of alkyl carbamates (subject to hydrolysis) is 1. The molecule has 0 saturated heterocycles. The van der Waals surface area contributed by atoms with Crippen LogP contribution in [-0.4, -0.2) is 48.4 Å². The number of amides is 2. The van der Waals surface area contributed by atoms with Crippen molar-refractivity contribution < 1.29 is 38.4 Å². The summed E-state index contributed by atoms with van der Waals surface area (Å²) in [6, 6.07) is 29.1. The SMILES string of the molecule is COCOc1c(CO)cc2ccccc2c1-c1c(OCc2cccc(N/C(=N\C(=O)OC(C)(C)C)NC(=O)OC(C)(C)C)c2)ccc2ccccc12. The molecule has 0 atom stereocenters. The number of carbonyl (C=O) groups excluding carboxylic acids is 2. The van der Waals surface area contributed by atoms with E-state index < -0.39 is 23.4 Å². The molecule has 0 heterocycles. The molecule has 0 bridgehead atoms. The van der Waals surface area contributed by atoms with E-state index in [1.807, 2.05) is 84.9 Å². The quantitative estimate of drug-likeness (QED) is 0.0779. The summed E-state index contributed by atoms with van der Waals surface area (Å²) in [6.07, 6.45) is -1.68. The van der Waals surface area contributed by atoms with Crippen molar-refractivity contribution in [1.82, 2.24) is 5.32 Å². The van der Waals surface area contributed by atoms with E-state index in [0.717, 1.165) is 38.2 Å². The van der Waals surface area contributed by atoms with Crippen LogP contribution in [0.1, 0.15) is 52.7 Å². The number of fused-ring (bicyclic) bond motifs is 2. The van der Waals surface area contributed by atoms with Crippen LogP contribution < -0.4 is 20.1 Å². The van der Waals surface area contributed by atoms with Gasteiger partial charge in [-0.2, -0.15) is 0 Å². The second-order valence-electron chi connectivity index (χ2n) is 14.0. The Morgan fingerprint density at radius 2 is 1.42 bits per heavy atom. The molecule has 0 radical (unpaired) electrons. The fraction of sp³-hybridized carbons (Fsp3) is 0.293. The van der Waals surface area contributed by atoms with E-state index in [2.05, 4.69) is 15.6 Å². The molecule has 2 amide bonds. The van der Waals surface area contributed by atoms with Gasteiger partial charge in [-0.05, 0) is 92.9 Å². The maximum Gasteiger partial charge on any atom is 0.437 e. The third-order valence-electron chi connectivity index (χ3n) is 7.51. The lowest BCUT2D eigenvalue weighted by atomic mass is 9.90. The maximum absolute atomic E-state index is 12.6. The van der Waals surface area contributed by atoms with E-state index in [9.17, 15) is 14.7 Å². The van der Waals surface area contributed by atoms with E-state index >= 15 is 0 Å². The summed E-state index contributed by atoms with van der Waals surface area (Å²) >= 11 is 0. The Balaban J connectivity index is 1.51. The lowest BCUT2D eigenvalue weighted by Crippen LogP contribution is -2.40. The van der Waals surface area contributed by atoms with Crippen LogP contribution in [0, 0.1) is 0 Å². The summed E-state index contributed by atoms with van der Waals surface area (Å²) in [6.45, 7) is 10.3. The van der Waals surface area contributed by atoms with Crippen molar-refractivity contribution in [2.24, 2.45) is 4.99 Å². The van der Waals surface area contributed by atoms with E-state index in [0.29, 0.717) is 22.7 Å². The maximum atomic E-state index is 12.6. The summed E-state index contributed by atoms with van der Waals surface area (Å²) < 4.78 is 28.8. The average Bonchev–Trinajstić information content (AvgIpc) is 3.07. The highest BCUT2D eigenvalue weighted by Gasteiger charge is 2.23. The number of guanidine groups is 1. The van der Waals surface area contributed by atoms with E-state index in [1.54, 1.807) is 54.7 Å². The number of anilines is 1. The van der Waals surface area contributed by atoms with Crippen LogP contribution >= 0.6 is 0 Å². The fourth-order valence-corrected chi connectivity index (χ4v) is 5.56. The zero-order chi connectivity index (χ0) is 37.5. The average molecular weight is 708 g/mol. The summed E-state index contributed by atoms with van der Waals surface area (Å²) in [5.74, 6) is 0.931. The van der Waals surface area contributed by atoms with Crippen molar-refractivity contribution in [3.63, 3.8) is 0 Å². The Kier molecular flexibility index (Phi) is 11.7. The topological polar surface area (TPSA) is 137 Å². The number of ether oxygens (including phenoxy) is 5. The van der Waals surface area contributed by atoms with Crippen LogP contribution in [0.2, 0.25) is 0 Å². The molecule has 0 fully saturated rings. The number of hydrogen-bond donors (Lipinski definition) is 3. The number of carbonyl (C=O) groups is 2. The number of aliphatic hydroxyl groups excluding tert-OH is 1. The van der Waals surface area contributed by atoms with Crippen LogP contribution in [0.15, 0.2) is 96.0 Å². The van der Waals surface area contributed by atoms with Gasteiger partial charge in [0.2, 0.25) is 5.96 Å². The highest BCUT2D eigenvalue weighted by atomic mass is 16.7. The Labute approximate surface area is 303 Å². The van der Waals surface area contributed by atoms with Crippen LogP contribution in [0.4, 0.5) is 15.3 Å². The predicted octanol–water partition coefficient (Wildman–Crippen LogP) is 8.94. The molecule has 5 aromatic rings.